The molecule has 24 heavy (non-hydrogen) atoms. The lowest BCUT2D eigenvalue weighted by atomic mass is 9.94. The van der Waals surface area contributed by atoms with E-state index in [1.807, 2.05) is 20.8 Å². The average molecular weight is 349 g/mol. The molecule has 1 aliphatic carbocycles. The summed E-state index contributed by atoms with van der Waals surface area (Å²) < 4.78 is 22.8. The minimum absolute atomic E-state index is 0.0957. The zero-order valence-electron chi connectivity index (χ0n) is 14.4. The number of aromatic amines is 1. The molecule has 2 heterocycles. The van der Waals surface area contributed by atoms with Crippen LogP contribution in [0.4, 0.5) is 0 Å². The van der Waals surface area contributed by atoms with Crippen LogP contribution in [0.15, 0.2) is 28.9 Å². The topological polar surface area (TPSA) is 84.4 Å². The fraction of sp³-hybridized carbons (Fsp3) is 0.529. The van der Waals surface area contributed by atoms with E-state index in [1.165, 1.54) is 0 Å². The highest BCUT2D eigenvalue weighted by Gasteiger charge is 2.38. The molecule has 2 aromatic heterocycles. The van der Waals surface area contributed by atoms with Crippen molar-refractivity contribution in [1.29, 1.82) is 0 Å². The third-order valence-corrected chi connectivity index (χ3v) is 6.30. The van der Waals surface area contributed by atoms with Gasteiger partial charge < -0.3 is 9.72 Å². The Bertz CT molecular complexity index is 882. The van der Waals surface area contributed by atoms with Crippen LogP contribution in [0.2, 0.25) is 0 Å². The van der Waals surface area contributed by atoms with Gasteiger partial charge in [-0.05, 0) is 45.7 Å². The highest BCUT2D eigenvalue weighted by Crippen LogP contribution is 2.33. The van der Waals surface area contributed by atoms with Gasteiger partial charge in [0, 0.05) is 29.3 Å². The molecule has 2 aromatic rings. The largest absolute Gasteiger partial charge is 0.373 e. The van der Waals surface area contributed by atoms with Crippen LogP contribution < -0.4 is 0 Å². The molecule has 1 atom stereocenters. The third kappa shape index (κ3) is 3.52. The zero-order chi connectivity index (χ0) is 17.5. The Morgan fingerprint density at radius 3 is 2.75 bits per heavy atom. The van der Waals surface area contributed by atoms with Crippen LogP contribution in [-0.2, 0) is 14.5 Å². The number of amides is 1. The molecule has 7 heteroatoms. The predicted octanol–water partition coefficient (Wildman–Crippen LogP) is 3.15. The maximum atomic E-state index is 12.9. The van der Waals surface area contributed by atoms with Gasteiger partial charge in [0.2, 0.25) is 0 Å². The molecule has 0 aromatic carbocycles. The van der Waals surface area contributed by atoms with Crippen molar-refractivity contribution in [1.82, 2.24) is 9.97 Å². The molecular weight excluding hydrogens is 326 g/mol. The van der Waals surface area contributed by atoms with E-state index in [4.69, 9.17) is 4.74 Å². The number of hydrogen-bond donors (Lipinski definition) is 1. The van der Waals surface area contributed by atoms with Gasteiger partial charge in [0.05, 0.1) is 27.0 Å². The molecule has 1 saturated carbocycles. The smallest absolute Gasteiger partial charge is 0.285 e. The van der Waals surface area contributed by atoms with Gasteiger partial charge in [0.25, 0.3) is 5.91 Å². The van der Waals surface area contributed by atoms with Crippen molar-refractivity contribution in [2.75, 3.05) is 6.26 Å². The summed E-state index contributed by atoms with van der Waals surface area (Å²) in [6, 6.07) is 3.39. The molecule has 3 rings (SSSR count). The van der Waals surface area contributed by atoms with Gasteiger partial charge in [-0.1, -0.05) is 0 Å². The maximum absolute atomic E-state index is 12.9. The number of rotatable bonds is 3. The third-order valence-electron chi connectivity index (χ3n) is 4.15. The number of nitrogens with zero attached hydrogens (tertiary/aromatic N) is 2. The molecule has 1 amide bonds. The first kappa shape index (κ1) is 17.1. The number of aromatic nitrogens is 2. The van der Waals surface area contributed by atoms with Crippen LogP contribution in [0.5, 0.6) is 0 Å². The summed E-state index contributed by atoms with van der Waals surface area (Å²) in [7, 11) is -2.60. The van der Waals surface area contributed by atoms with E-state index in [-0.39, 0.29) is 17.0 Å². The number of ether oxygens (including phenoxy) is 1. The minimum atomic E-state index is -2.60. The maximum Gasteiger partial charge on any atom is 0.285 e. The molecule has 1 N–H and O–H groups in total. The summed E-state index contributed by atoms with van der Waals surface area (Å²) in [5.41, 5.74) is 0.840. The SMILES string of the molecule is CC(C)(C)OC1CC(S(C)(=O)=NC(=O)c2ccnc3[nH]ccc23)C1. The molecule has 0 saturated heterocycles. The van der Waals surface area contributed by atoms with Gasteiger partial charge in [-0.2, -0.15) is 4.36 Å². The number of fused-ring (bicyclic) bond motifs is 1. The lowest BCUT2D eigenvalue weighted by molar-refractivity contribution is -0.0897. The number of carbonyl (C=O) groups is 1. The number of H-pyrrole nitrogens is 1. The molecule has 130 valence electrons. The van der Waals surface area contributed by atoms with Crippen LogP contribution in [0.3, 0.4) is 0 Å². The van der Waals surface area contributed by atoms with Crippen LogP contribution in [0, 0.1) is 0 Å². The number of pyridine rings is 1. The van der Waals surface area contributed by atoms with Crippen molar-refractivity contribution in [3.05, 3.63) is 30.1 Å². The zero-order valence-corrected chi connectivity index (χ0v) is 15.2. The van der Waals surface area contributed by atoms with Crippen molar-refractivity contribution in [3.63, 3.8) is 0 Å². The average Bonchev–Trinajstić information content (AvgIpc) is 2.88. The Labute approximate surface area is 142 Å². The summed E-state index contributed by atoms with van der Waals surface area (Å²) in [4.78, 5) is 19.6. The Morgan fingerprint density at radius 1 is 1.38 bits per heavy atom. The van der Waals surface area contributed by atoms with Crippen LogP contribution >= 0.6 is 0 Å². The Hall–Kier alpha value is -1.73. The van der Waals surface area contributed by atoms with Crippen molar-refractivity contribution in [2.45, 2.75) is 50.6 Å². The Balaban J connectivity index is 1.77. The molecule has 0 spiro atoms. The Kier molecular flexibility index (Phi) is 4.25. The second-order valence-corrected chi connectivity index (χ2v) is 9.87. The van der Waals surface area contributed by atoms with Gasteiger partial charge in [-0.15, -0.1) is 0 Å². The molecule has 1 fully saturated rings. The summed E-state index contributed by atoms with van der Waals surface area (Å²) in [6.45, 7) is 6.01. The monoisotopic (exact) mass is 349 g/mol. The molecular formula is C17H23N3O3S. The van der Waals surface area contributed by atoms with E-state index in [2.05, 4.69) is 14.3 Å². The van der Waals surface area contributed by atoms with Crippen molar-refractivity contribution < 1.29 is 13.7 Å². The van der Waals surface area contributed by atoms with Gasteiger partial charge in [-0.3, -0.25) is 4.79 Å². The lowest BCUT2D eigenvalue weighted by Crippen LogP contribution is -2.44. The summed E-state index contributed by atoms with van der Waals surface area (Å²) in [6.07, 6.45) is 6.29. The van der Waals surface area contributed by atoms with E-state index >= 15 is 0 Å². The van der Waals surface area contributed by atoms with Gasteiger partial charge in [-0.25, -0.2) is 9.19 Å². The summed E-state index contributed by atoms with van der Waals surface area (Å²) in [5.74, 6) is -0.449. The van der Waals surface area contributed by atoms with Gasteiger partial charge in [0.1, 0.15) is 5.65 Å². The minimum Gasteiger partial charge on any atom is -0.373 e. The first-order valence-corrected chi connectivity index (χ1v) is 9.99. The fourth-order valence-electron chi connectivity index (χ4n) is 2.91. The molecule has 1 aliphatic rings. The highest BCUT2D eigenvalue weighted by molar-refractivity contribution is 7.93. The second kappa shape index (κ2) is 5.97. The van der Waals surface area contributed by atoms with Crippen molar-refractivity contribution >= 4 is 26.7 Å². The van der Waals surface area contributed by atoms with E-state index in [0.717, 1.165) is 0 Å². The number of hydrogen-bond acceptors (Lipinski definition) is 4. The standard InChI is InChI=1S/C17H23N3O3S/c1-17(2,3)23-11-9-12(10-11)24(4,22)20-16(21)14-6-8-19-15-13(14)5-7-18-15/h5-8,11-12H,9-10H2,1-4H3,(H,18,19). The van der Waals surface area contributed by atoms with Gasteiger partial charge in [0.15, 0.2) is 0 Å². The predicted molar refractivity (Wildman–Crippen MR) is 94.6 cm³/mol. The molecule has 6 nitrogen and oxygen atoms in total. The van der Waals surface area contributed by atoms with Gasteiger partial charge >= 0.3 is 0 Å². The van der Waals surface area contributed by atoms with E-state index in [1.54, 1.807) is 30.8 Å². The van der Waals surface area contributed by atoms with E-state index < -0.39 is 15.6 Å². The van der Waals surface area contributed by atoms with E-state index in [0.29, 0.717) is 29.4 Å². The van der Waals surface area contributed by atoms with Crippen molar-refractivity contribution in [3.8, 4) is 0 Å². The van der Waals surface area contributed by atoms with Crippen LogP contribution in [-0.4, -0.2) is 43.3 Å². The van der Waals surface area contributed by atoms with Crippen molar-refractivity contribution in [2.24, 2.45) is 4.36 Å². The van der Waals surface area contributed by atoms with Crippen LogP contribution in [0.1, 0.15) is 44.0 Å². The number of nitrogens with one attached hydrogen (secondary N) is 1. The second-order valence-electron chi connectivity index (χ2n) is 7.30. The number of carbonyl (C=O) groups excluding carboxylic acids is 1. The summed E-state index contributed by atoms with van der Waals surface area (Å²) in [5, 5.41) is 0.598. The molecule has 1 unspecified atom stereocenters. The molecule has 0 bridgehead atoms. The fourth-order valence-corrected chi connectivity index (χ4v) is 4.63. The molecule has 0 radical (unpaired) electrons. The Morgan fingerprint density at radius 2 is 2.08 bits per heavy atom. The highest BCUT2D eigenvalue weighted by atomic mass is 32.2. The molecule has 0 aliphatic heterocycles. The normalized spacial score (nSPS) is 23.5. The van der Waals surface area contributed by atoms with E-state index in [9.17, 15) is 9.00 Å². The first-order chi connectivity index (χ1) is 11.2. The lowest BCUT2D eigenvalue weighted by Gasteiger charge is -2.39. The summed E-state index contributed by atoms with van der Waals surface area (Å²) >= 11 is 0. The van der Waals surface area contributed by atoms with Crippen LogP contribution in [0.25, 0.3) is 11.0 Å². The quantitative estimate of drug-likeness (QED) is 0.922. The first-order valence-electron chi connectivity index (χ1n) is 8.01.